The fraction of sp³-hybridized carbons (Fsp3) is 0.368. The molecule has 3 rings (SSSR count). The van der Waals surface area contributed by atoms with Crippen molar-refractivity contribution >= 4 is 17.6 Å². The summed E-state index contributed by atoms with van der Waals surface area (Å²) in [7, 11) is 1.60. The van der Waals surface area contributed by atoms with Crippen molar-refractivity contribution in [3.05, 3.63) is 36.7 Å². The van der Waals surface area contributed by atoms with E-state index in [-0.39, 0.29) is 17.7 Å². The largest absolute Gasteiger partial charge is 0.496 e. The Bertz CT molecular complexity index is 809. The van der Waals surface area contributed by atoms with Gasteiger partial charge < -0.3 is 15.0 Å². The molecule has 0 bridgehead atoms. The molecule has 2 heterocycles. The fourth-order valence-electron chi connectivity index (χ4n) is 3.13. The number of amides is 2. The van der Waals surface area contributed by atoms with E-state index in [9.17, 15) is 9.59 Å². The third kappa shape index (κ3) is 3.99. The maximum absolute atomic E-state index is 12.6. The summed E-state index contributed by atoms with van der Waals surface area (Å²) < 4.78 is 5.36. The van der Waals surface area contributed by atoms with Gasteiger partial charge in [-0.2, -0.15) is 0 Å². The molecule has 0 radical (unpaired) electrons. The van der Waals surface area contributed by atoms with Crippen LogP contribution in [0.3, 0.4) is 0 Å². The highest BCUT2D eigenvalue weighted by molar-refractivity contribution is 5.92. The second-order valence-electron chi connectivity index (χ2n) is 6.28. The van der Waals surface area contributed by atoms with Gasteiger partial charge in [-0.3, -0.25) is 9.59 Å². The van der Waals surface area contributed by atoms with Crippen LogP contribution in [-0.2, 0) is 9.59 Å². The molecule has 1 N–H and O–H groups in total. The van der Waals surface area contributed by atoms with Crippen LogP contribution in [0.1, 0.15) is 19.8 Å². The van der Waals surface area contributed by atoms with Crippen LogP contribution in [0.15, 0.2) is 36.7 Å². The maximum Gasteiger partial charge on any atom is 0.230 e. The van der Waals surface area contributed by atoms with Crippen molar-refractivity contribution in [2.45, 2.75) is 19.8 Å². The predicted molar refractivity (Wildman–Crippen MR) is 97.6 cm³/mol. The smallest absolute Gasteiger partial charge is 0.230 e. The van der Waals surface area contributed by atoms with Crippen LogP contribution >= 0.6 is 0 Å². The summed E-state index contributed by atoms with van der Waals surface area (Å²) in [6.07, 6.45) is 3.01. The van der Waals surface area contributed by atoms with Gasteiger partial charge in [0.15, 0.2) is 0 Å². The molecule has 7 heteroatoms. The lowest BCUT2D eigenvalue weighted by atomic mass is 9.97. The van der Waals surface area contributed by atoms with Crippen LogP contribution in [0.25, 0.3) is 11.3 Å². The first kappa shape index (κ1) is 17.8. The minimum Gasteiger partial charge on any atom is -0.496 e. The van der Waals surface area contributed by atoms with Crippen molar-refractivity contribution in [1.82, 2.24) is 14.9 Å². The van der Waals surface area contributed by atoms with Gasteiger partial charge in [0.2, 0.25) is 11.8 Å². The maximum atomic E-state index is 12.6. The van der Waals surface area contributed by atoms with E-state index in [2.05, 4.69) is 15.3 Å². The molecule has 2 amide bonds. The number of anilines is 1. The lowest BCUT2D eigenvalue weighted by Crippen LogP contribution is -2.42. The molecule has 1 fully saturated rings. The van der Waals surface area contributed by atoms with Gasteiger partial charge >= 0.3 is 0 Å². The molecule has 1 unspecified atom stereocenters. The first-order chi connectivity index (χ1) is 12.6. The molecule has 1 aromatic carbocycles. The van der Waals surface area contributed by atoms with E-state index >= 15 is 0 Å². The number of carbonyl (C=O) groups is 2. The summed E-state index contributed by atoms with van der Waals surface area (Å²) in [6.45, 7) is 2.69. The number of rotatable bonds is 4. The van der Waals surface area contributed by atoms with Crippen molar-refractivity contribution in [2.24, 2.45) is 5.92 Å². The predicted octanol–water partition coefficient (Wildman–Crippen LogP) is 2.35. The van der Waals surface area contributed by atoms with Crippen molar-refractivity contribution < 1.29 is 14.3 Å². The highest BCUT2D eigenvalue weighted by Gasteiger charge is 2.27. The number of carbonyl (C=O) groups excluding carboxylic acids is 2. The lowest BCUT2D eigenvalue weighted by Gasteiger charge is -2.31. The van der Waals surface area contributed by atoms with Crippen molar-refractivity contribution in [3.8, 4) is 17.0 Å². The van der Waals surface area contributed by atoms with Gasteiger partial charge in [0.1, 0.15) is 17.9 Å². The number of methoxy groups -OCH3 is 1. The molecule has 1 saturated heterocycles. The number of hydrogen-bond acceptors (Lipinski definition) is 5. The van der Waals surface area contributed by atoms with Gasteiger partial charge in [0.25, 0.3) is 0 Å². The van der Waals surface area contributed by atoms with Gasteiger partial charge in [-0.25, -0.2) is 9.97 Å². The van der Waals surface area contributed by atoms with Crippen LogP contribution in [0.5, 0.6) is 5.75 Å². The van der Waals surface area contributed by atoms with Crippen LogP contribution in [-0.4, -0.2) is 46.9 Å². The SMILES string of the molecule is COc1ccccc1-c1cc(NC(=O)C2CCCN(C(C)=O)C2)ncn1. The normalized spacial score (nSPS) is 16.8. The number of likely N-dealkylation sites (tertiary alicyclic amines) is 1. The summed E-state index contributed by atoms with van der Waals surface area (Å²) in [5.41, 5.74) is 1.50. The summed E-state index contributed by atoms with van der Waals surface area (Å²) in [6, 6.07) is 9.26. The first-order valence-electron chi connectivity index (χ1n) is 8.60. The molecule has 0 aliphatic carbocycles. The summed E-state index contributed by atoms with van der Waals surface area (Å²) in [5.74, 6) is 0.791. The topological polar surface area (TPSA) is 84.4 Å². The van der Waals surface area contributed by atoms with Gasteiger partial charge in [-0.15, -0.1) is 0 Å². The molecule has 7 nitrogen and oxygen atoms in total. The average Bonchev–Trinajstić information content (AvgIpc) is 2.68. The number of para-hydroxylation sites is 1. The van der Waals surface area contributed by atoms with Gasteiger partial charge in [-0.1, -0.05) is 12.1 Å². The highest BCUT2D eigenvalue weighted by Crippen LogP contribution is 2.29. The Labute approximate surface area is 152 Å². The van der Waals surface area contributed by atoms with Crippen molar-refractivity contribution in [1.29, 1.82) is 0 Å². The Morgan fingerprint density at radius 3 is 2.85 bits per heavy atom. The van der Waals surface area contributed by atoms with E-state index in [0.717, 1.165) is 18.4 Å². The zero-order valence-corrected chi connectivity index (χ0v) is 14.9. The molecular weight excluding hydrogens is 332 g/mol. The number of hydrogen-bond donors (Lipinski definition) is 1. The van der Waals surface area contributed by atoms with Gasteiger partial charge in [0.05, 0.1) is 18.7 Å². The van der Waals surface area contributed by atoms with Crippen LogP contribution in [0.2, 0.25) is 0 Å². The summed E-state index contributed by atoms with van der Waals surface area (Å²) in [4.78, 5) is 34.3. The second kappa shape index (κ2) is 7.95. The molecule has 0 saturated carbocycles. The highest BCUT2D eigenvalue weighted by atomic mass is 16.5. The molecular formula is C19H22N4O3. The minimum absolute atomic E-state index is 0.00277. The number of piperidine rings is 1. The monoisotopic (exact) mass is 354 g/mol. The third-order valence-corrected chi connectivity index (χ3v) is 4.54. The number of benzene rings is 1. The summed E-state index contributed by atoms with van der Waals surface area (Å²) in [5, 5.41) is 2.85. The van der Waals surface area contributed by atoms with Crippen molar-refractivity contribution in [2.75, 3.05) is 25.5 Å². The number of ether oxygens (including phenoxy) is 1. The molecule has 1 aromatic heterocycles. The van der Waals surface area contributed by atoms with E-state index in [1.54, 1.807) is 18.1 Å². The van der Waals surface area contributed by atoms with Gasteiger partial charge in [-0.05, 0) is 25.0 Å². The Morgan fingerprint density at radius 1 is 1.27 bits per heavy atom. The van der Waals surface area contributed by atoms with E-state index in [4.69, 9.17) is 4.74 Å². The third-order valence-electron chi connectivity index (χ3n) is 4.54. The van der Waals surface area contributed by atoms with Gasteiger partial charge in [0, 0.05) is 31.6 Å². The van der Waals surface area contributed by atoms with Crippen molar-refractivity contribution in [3.63, 3.8) is 0 Å². The molecule has 136 valence electrons. The van der Waals surface area contributed by atoms with E-state index in [1.807, 2.05) is 24.3 Å². The number of nitrogens with one attached hydrogen (secondary N) is 1. The number of aromatic nitrogens is 2. The minimum atomic E-state index is -0.225. The zero-order chi connectivity index (χ0) is 18.5. The Morgan fingerprint density at radius 2 is 2.08 bits per heavy atom. The summed E-state index contributed by atoms with van der Waals surface area (Å²) >= 11 is 0. The zero-order valence-electron chi connectivity index (χ0n) is 14.9. The molecule has 0 spiro atoms. The van der Waals surface area contributed by atoms with E-state index in [0.29, 0.717) is 30.4 Å². The fourth-order valence-corrected chi connectivity index (χ4v) is 3.13. The Hall–Kier alpha value is -2.96. The first-order valence-corrected chi connectivity index (χ1v) is 8.60. The van der Waals surface area contributed by atoms with E-state index in [1.165, 1.54) is 13.3 Å². The molecule has 1 aliphatic heterocycles. The molecule has 1 aliphatic rings. The Balaban J connectivity index is 1.74. The van der Waals surface area contributed by atoms with Crippen LogP contribution in [0, 0.1) is 5.92 Å². The standard InChI is InChI=1S/C19H22N4O3/c1-13(24)23-9-5-6-14(11-23)19(25)22-18-10-16(20-12-21-18)15-7-3-4-8-17(15)26-2/h3-4,7-8,10,12,14H,5-6,9,11H2,1-2H3,(H,20,21,22,25). The molecule has 2 aromatic rings. The second-order valence-corrected chi connectivity index (χ2v) is 6.28. The quantitative estimate of drug-likeness (QED) is 0.911. The Kier molecular flexibility index (Phi) is 5.46. The van der Waals surface area contributed by atoms with Crippen LogP contribution in [0.4, 0.5) is 5.82 Å². The van der Waals surface area contributed by atoms with Crippen LogP contribution < -0.4 is 10.1 Å². The molecule has 1 atom stereocenters. The average molecular weight is 354 g/mol. The lowest BCUT2D eigenvalue weighted by molar-refractivity contribution is -0.132. The molecule has 26 heavy (non-hydrogen) atoms. The number of nitrogens with zero attached hydrogens (tertiary/aromatic N) is 3. The van der Waals surface area contributed by atoms with E-state index < -0.39 is 0 Å².